The SMILES string of the molecule is CCC1(CC)NC(=O)N(CC(=O)Nc2ccc(NC(=O)c3cccnc3)c(OC)c2)C1=O. The van der Waals surface area contributed by atoms with Crippen LogP contribution in [0.1, 0.15) is 37.0 Å². The monoisotopic (exact) mass is 439 g/mol. The van der Waals surface area contributed by atoms with Crippen molar-refractivity contribution in [3.8, 4) is 5.75 Å². The number of benzene rings is 1. The fraction of sp³-hybridized carbons (Fsp3) is 0.318. The molecule has 5 amide bonds. The number of anilines is 2. The summed E-state index contributed by atoms with van der Waals surface area (Å²) in [5.41, 5.74) is 0.213. The zero-order valence-corrected chi connectivity index (χ0v) is 18.1. The number of methoxy groups -OCH3 is 1. The van der Waals surface area contributed by atoms with Gasteiger partial charge >= 0.3 is 6.03 Å². The summed E-state index contributed by atoms with van der Waals surface area (Å²) in [5.74, 6) is -0.979. The number of hydrogen-bond donors (Lipinski definition) is 3. The molecule has 10 heteroatoms. The summed E-state index contributed by atoms with van der Waals surface area (Å²) < 4.78 is 5.32. The molecule has 1 fully saturated rings. The lowest BCUT2D eigenvalue weighted by atomic mass is 9.93. The lowest BCUT2D eigenvalue weighted by molar-refractivity contribution is -0.134. The van der Waals surface area contributed by atoms with Crippen molar-refractivity contribution in [3.63, 3.8) is 0 Å². The summed E-state index contributed by atoms with van der Waals surface area (Å²) >= 11 is 0. The van der Waals surface area contributed by atoms with Crippen LogP contribution in [-0.2, 0) is 9.59 Å². The zero-order chi connectivity index (χ0) is 23.3. The first-order chi connectivity index (χ1) is 15.3. The third-order valence-electron chi connectivity index (χ3n) is 5.41. The van der Waals surface area contributed by atoms with Gasteiger partial charge in [-0.2, -0.15) is 0 Å². The largest absolute Gasteiger partial charge is 0.494 e. The van der Waals surface area contributed by atoms with E-state index in [0.717, 1.165) is 4.90 Å². The molecule has 3 rings (SSSR count). The third kappa shape index (κ3) is 4.53. The lowest BCUT2D eigenvalue weighted by Crippen LogP contribution is -2.46. The number of carbonyl (C=O) groups is 4. The Morgan fingerprint density at radius 1 is 1.16 bits per heavy atom. The highest BCUT2D eigenvalue weighted by molar-refractivity contribution is 6.10. The Kier molecular flexibility index (Phi) is 6.72. The number of carbonyl (C=O) groups excluding carboxylic acids is 4. The molecule has 10 nitrogen and oxygen atoms in total. The van der Waals surface area contributed by atoms with Crippen LogP contribution in [0.2, 0.25) is 0 Å². The van der Waals surface area contributed by atoms with Crippen molar-refractivity contribution in [2.45, 2.75) is 32.2 Å². The summed E-state index contributed by atoms with van der Waals surface area (Å²) in [4.78, 5) is 54.5. The van der Waals surface area contributed by atoms with Gasteiger partial charge in [0.15, 0.2) is 0 Å². The van der Waals surface area contributed by atoms with Crippen molar-refractivity contribution >= 4 is 35.1 Å². The van der Waals surface area contributed by atoms with Crippen LogP contribution in [0.15, 0.2) is 42.7 Å². The van der Waals surface area contributed by atoms with Crippen LogP contribution in [0.5, 0.6) is 5.75 Å². The van der Waals surface area contributed by atoms with Gasteiger partial charge in [-0.3, -0.25) is 24.3 Å². The van der Waals surface area contributed by atoms with E-state index in [1.54, 1.807) is 30.5 Å². The second kappa shape index (κ2) is 9.46. The molecule has 1 aromatic carbocycles. The highest BCUT2D eigenvalue weighted by atomic mass is 16.5. The normalized spacial score (nSPS) is 14.7. The van der Waals surface area contributed by atoms with Crippen LogP contribution >= 0.6 is 0 Å². The Balaban J connectivity index is 1.67. The first-order valence-corrected chi connectivity index (χ1v) is 10.2. The third-order valence-corrected chi connectivity index (χ3v) is 5.41. The zero-order valence-electron chi connectivity index (χ0n) is 18.1. The molecular weight excluding hydrogens is 414 g/mol. The van der Waals surface area contributed by atoms with Gasteiger partial charge in [-0.15, -0.1) is 0 Å². The van der Waals surface area contributed by atoms with Crippen molar-refractivity contribution in [2.24, 2.45) is 0 Å². The molecule has 1 saturated heterocycles. The molecule has 1 aromatic heterocycles. The minimum absolute atomic E-state index is 0.325. The minimum Gasteiger partial charge on any atom is -0.494 e. The number of nitrogens with zero attached hydrogens (tertiary/aromatic N) is 2. The van der Waals surface area contributed by atoms with Gasteiger partial charge in [-0.1, -0.05) is 13.8 Å². The molecule has 2 heterocycles. The van der Waals surface area contributed by atoms with E-state index >= 15 is 0 Å². The van der Waals surface area contributed by atoms with Crippen molar-refractivity contribution in [1.29, 1.82) is 0 Å². The van der Waals surface area contributed by atoms with Crippen LogP contribution in [0.3, 0.4) is 0 Å². The number of amides is 5. The molecule has 0 spiro atoms. The van der Waals surface area contributed by atoms with Gasteiger partial charge < -0.3 is 20.7 Å². The molecule has 32 heavy (non-hydrogen) atoms. The van der Waals surface area contributed by atoms with Gasteiger partial charge in [-0.05, 0) is 37.1 Å². The van der Waals surface area contributed by atoms with E-state index in [2.05, 4.69) is 20.9 Å². The fourth-order valence-electron chi connectivity index (χ4n) is 3.46. The van der Waals surface area contributed by atoms with E-state index in [4.69, 9.17) is 4.74 Å². The Bertz CT molecular complexity index is 1040. The number of pyridine rings is 1. The predicted molar refractivity (Wildman–Crippen MR) is 117 cm³/mol. The quantitative estimate of drug-likeness (QED) is 0.542. The predicted octanol–water partition coefficient (Wildman–Crippen LogP) is 2.39. The lowest BCUT2D eigenvalue weighted by Gasteiger charge is -2.23. The number of aromatic nitrogens is 1. The van der Waals surface area contributed by atoms with Gasteiger partial charge in [0.2, 0.25) is 5.91 Å². The number of urea groups is 1. The van der Waals surface area contributed by atoms with E-state index < -0.39 is 29.9 Å². The number of ether oxygens (including phenoxy) is 1. The Morgan fingerprint density at radius 3 is 2.50 bits per heavy atom. The number of nitrogens with one attached hydrogen (secondary N) is 3. The molecular formula is C22H25N5O5. The topological polar surface area (TPSA) is 130 Å². The average molecular weight is 439 g/mol. The minimum atomic E-state index is -0.964. The maximum absolute atomic E-state index is 12.7. The van der Waals surface area contributed by atoms with Crippen LogP contribution in [-0.4, -0.2) is 52.8 Å². The molecule has 0 radical (unpaired) electrons. The summed E-state index contributed by atoms with van der Waals surface area (Å²) in [6.45, 7) is 3.21. The molecule has 2 aromatic rings. The van der Waals surface area contributed by atoms with Crippen LogP contribution in [0.25, 0.3) is 0 Å². The number of hydrogen-bond acceptors (Lipinski definition) is 6. The van der Waals surface area contributed by atoms with Crippen LogP contribution in [0.4, 0.5) is 16.2 Å². The second-order valence-electron chi connectivity index (χ2n) is 7.27. The fourth-order valence-corrected chi connectivity index (χ4v) is 3.46. The number of imide groups is 1. The molecule has 0 atom stereocenters. The highest BCUT2D eigenvalue weighted by Crippen LogP contribution is 2.29. The molecule has 1 aliphatic rings. The Morgan fingerprint density at radius 2 is 1.91 bits per heavy atom. The van der Waals surface area contributed by atoms with Crippen molar-refractivity contribution < 1.29 is 23.9 Å². The van der Waals surface area contributed by atoms with E-state index in [1.807, 2.05) is 13.8 Å². The van der Waals surface area contributed by atoms with Gasteiger partial charge in [0.25, 0.3) is 11.8 Å². The van der Waals surface area contributed by atoms with Crippen LogP contribution in [0, 0.1) is 0 Å². The first-order valence-electron chi connectivity index (χ1n) is 10.2. The maximum Gasteiger partial charge on any atom is 0.325 e. The van der Waals surface area contributed by atoms with E-state index in [-0.39, 0.29) is 5.91 Å². The van der Waals surface area contributed by atoms with Gasteiger partial charge in [0.1, 0.15) is 17.8 Å². The Hall–Kier alpha value is -3.95. The van der Waals surface area contributed by atoms with Gasteiger partial charge in [0, 0.05) is 24.1 Å². The molecule has 1 aliphatic heterocycles. The van der Waals surface area contributed by atoms with Crippen LogP contribution < -0.4 is 20.7 Å². The molecule has 0 aliphatic carbocycles. The van der Waals surface area contributed by atoms with Gasteiger partial charge in [0.05, 0.1) is 18.4 Å². The van der Waals surface area contributed by atoms with E-state index in [0.29, 0.717) is 35.5 Å². The van der Waals surface area contributed by atoms with Crippen molar-refractivity contribution in [1.82, 2.24) is 15.2 Å². The van der Waals surface area contributed by atoms with Crippen molar-refractivity contribution in [2.75, 3.05) is 24.3 Å². The van der Waals surface area contributed by atoms with E-state index in [1.165, 1.54) is 19.4 Å². The van der Waals surface area contributed by atoms with Gasteiger partial charge in [-0.25, -0.2) is 4.79 Å². The summed E-state index contributed by atoms with van der Waals surface area (Å²) in [6, 6.07) is 7.39. The van der Waals surface area contributed by atoms with E-state index in [9.17, 15) is 19.2 Å². The molecule has 168 valence electrons. The summed E-state index contributed by atoms with van der Waals surface area (Å²) in [5, 5.41) is 8.06. The Labute approximate surface area is 185 Å². The number of rotatable bonds is 8. The summed E-state index contributed by atoms with van der Waals surface area (Å²) in [7, 11) is 1.43. The average Bonchev–Trinajstić information content (AvgIpc) is 3.05. The maximum atomic E-state index is 12.7. The van der Waals surface area contributed by atoms with Crippen molar-refractivity contribution in [3.05, 3.63) is 48.3 Å². The summed E-state index contributed by atoms with van der Waals surface area (Å²) in [6.07, 6.45) is 3.89. The molecule has 0 unspecified atom stereocenters. The standard InChI is InChI=1S/C22H25N5O5/c1-4-22(5-2)20(30)27(21(31)26-22)13-18(28)24-15-8-9-16(17(11-15)32-3)25-19(29)14-7-6-10-23-12-14/h6-12H,4-5,13H2,1-3H3,(H,24,28)(H,25,29)(H,26,31). The smallest absolute Gasteiger partial charge is 0.325 e. The molecule has 0 bridgehead atoms. The second-order valence-corrected chi connectivity index (χ2v) is 7.27. The first kappa shape index (κ1) is 22.7. The highest BCUT2D eigenvalue weighted by Gasteiger charge is 2.49. The molecule has 0 saturated carbocycles. The molecule has 3 N–H and O–H groups in total.